The van der Waals surface area contributed by atoms with E-state index in [0.717, 1.165) is 10.7 Å². The predicted molar refractivity (Wildman–Crippen MR) is 72.2 cm³/mol. The Bertz CT molecular complexity index is 635. The van der Waals surface area contributed by atoms with Gasteiger partial charge < -0.3 is 9.47 Å². The van der Waals surface area contributed by atoms with Crippen LogP contribution in [0.5, 0.6) is 11.5 Å². The van der Waals surface area contributed by atoms with Crippen LogP contribution < -0.4 is 9.47 Å². The number of aryl methyl sites for hydroxylation is 1. The van der Waals surface area contributed by atoms with Crippen LogP contribution in [0.25, 0.3) is 0 Å². The number of thiazole rings is 1. The van der Waals surface area contributed by atoms with E-state index >= 15 is 0 Å². The van der Waals surface area contributed by atoms with E-state index in [9.17, 15) is 4.79 Å². The maximum atomic E-state index is 12.2. The lowest BCUT2D eigenvalue weighted by molar-refractivity contribution is 0.0849. The van der Waals surface area contributed by atoms with Crippen LogP contribution in [0.4, 0.5) is 0 Å². The summed E-state index contributed by atoms with van der Waals surface area (Å²) in [4.78, 5) is 16.6. The first-order valence-electron chi connectivity index (χ1n) is 5.97. The molecule has 0 N–H and O–H groups in total. The molecule has 0 fully saturated rings. The van der Waals surface area contributed by atoms with Gasteiger partial charge in [0.25, 0.3) is 0 Å². The number of fused-ring (bicyclic) bond motifs is 1. The first kappa shape index (κ1) is 12.2. The molecule has 2 aromatic rings. The van der Waals surface area contributed by atoms with Gasteiger partial charge in [-0.3, -0.25) is 4.79 Å². The normalized spacial score (nSPS) is 17.8. The number of methoxy groups -OCH3 is 1. The summed E-state index contributed by atoms with van der Waals surface area (Å²) in [6.45, 7) is 1.93. The SMILES string of the molecule is COc1ccc2c(c1)C(=O)CC(c1nc(C)cs1)O2. The minimum Gasteiger partial charge on any atom is -0.497 e. The van der Waals surface area contributed by atoms with Gasteiger partial charge in [-0.25, -0.2) is 4.98 Å². The van der Waals surface area contributed by atoms with Crippen molar-refractivity contribution in [1.82, 2.24) is 4.98 Å². The van der Waals surface area contributed by atoms with E-state index in [-0.39, 0.29) is 11.9 Å². The number of hydrogen-bond acceptors (Lipinski definition) is 5. The van der Waals surface area contributed by atoms with Crippen LogP contribution in [0, 0.1) is 6.92 Å². The lowest BCUT2D eigenvalue weighted by atomic mass is 10.0. The fraction of sp³-hybridized carbons (Fsp3) is 0.286. The number of ketones is 1. The van der Waals surface area contributed by atoms with E-state index in [0.29, 0.717) is 23.5 Å². The molecule has 0 radical (unpaired) electrons. The molecule has 1 unspecified atom stereocenters. The van der Waals surface area contributed by atoms with Gasteiger partial charge in [-0.1, -0.05) is 0 Å². The highest BCUT2D eigenvalue weighted by molar-refractivity contribution is 7.09. The van der Waals surface area contributed by atoms with Gasteiger partial charge in [0.2, 0.25) is 0 Å². The molecule has 3 rings (SSSR count). The maximum absolute atomic E-state index is 12.2. The second kappa shape index (κ2) is 4.66. The van der Waals surface area contributed by atoms with E-state index in [1.54, 1.807) is 25.3 Å². The quantitative estimate of drug-likeness (QED) is 0.844. The summed E-state index contributed by atoms with van der Waals surface area (Å²) in [5.41, 5.74) is 1.54. The Balaban J connectivity index is 1.94. The van der Waals surface area contributed by atoms with E-state index in [1.807, 2.05) is 12.3 Å². The van der Waals surface area contributed by atoms with Crippen LogP contribution in [0.1, 0.15) is 33.6 Å². The zero-order chi connectivity index (χ0) is 13.4. The van der Waals surface area contributed by atoms with Crippen LogP contribution in [-0.4, -0.2) is 17.9 Å². The molecule has 0 saturated carbocycles. The Morgan fingerprint density at radius 3 is 3.00 bits per heavy atom. The number of benzene rings is 1. The molecule has 0 amide bonds. The van der Waals surface area contributed by atoms with Gasteiger partial charge in [0.15, 0.2) is 11.9 Å². The molecular formula is C14H13NO3S. The predicted octanol–water partition coefficient (Wildman–Crippen LogP) is 3.17. The number of hydrogen-bond donors (Lipinski definition) is 0. The van der Waals surface area contributed by atoms with Crippen molar-refractivity contribution in [3.8, 4) is 11.5 Å². The van der Waals surface area contributed by atoms with Gasteiger partial charge in [-0.2, -0.15) is 0 Å². The molecule has 4 nitrogen and oxygen atoms in total. The highest BCUT2D eigenvalue weighted by atomic mass is 32.1. The molecule has 0 spiro atoms. The molecule has 19 heavy (non-hydrogen) atoms. The molecular weight excluding hydrogens is 262 g/mol. The van der Waals surface area contributed by atoms with Gasteiger partial charge in [0.05, 0.1) is 19.1 Å². The lowest BCUT2D eigenvalue weighted by Crippen LogP contribution is -2.20. The number of rotatable bonds is 2. The summed E-state index contributed by atoms with van der Waals surface area (Å²) in [7, 11) is 1.58. The van der Waals surface area contributed by atoms with Crippen molar-refractivity contribution in [2.45, 2.75) is 19.4 Å². The highest BCUT2D eigenvalue weighted by Gasteiger charge is 2.29. The first-order valence-corrected chi connectivity index (χ1v) is 6.85. The van der Waals surface area contributed by atoms with Crippen molar-refractivity contribution in [2.75, 3.05) is 7.11 Å². The zero-order valence-corrected chi connectivity index (χ0v) is 11.5. The van der Waals surface area contributed by atoms with Gasteiger partial charge >= 0.3 is 0 Å². The standard InChI is InChI=1S/C14H13NO3S/c1-8-7-19-14(15-8)13-6-11(16)10-5-9(17-2)3-4-12(10)18-13/h3-5,7,13H,6H2,1-2H3. The molecule has 0 bridgehead atoms. The fourth-order valence-electron chi connectivity index (χ4n) is 2.09. The molecule has 1 aliphatic heterocycles. The second-order valence-electron chi connectivity index (χ2n) is 4.42. The maximum Gasteiger partial charge on any atom is 0.170 e. The summed E-state index contributed by atoms with van der Waals surface area (Å²) in [5.74, 6) is 1.34. The van der Waals surface area contributed by atoms with Crippen LogP contribution in [0.15, 0.2) is 23.6 Å². The molecule has 1 aromatic heterocycles. The number of aromatic nitrogens is 1. The van der Waals surface area contributed by atoms with Crippen molar-refractivity contribution in [3.05, 3.63) is 39.8 Å². The van der Waals surface area contributed by atoms with Gasteiger partial charge in [0, 0.05) is 11.1 Å². The third-order valence-electron chi connectivity index (χ3n) is 3.04. The van der Waals surface area contributed by atoms with E-state index in [4.69, 9.17) is 9.47 Å². The van der Waals surface area contributed by atoms with Crippen molar-refractivity contribution >= 4 is 17.1 Å². The van der Waals surface area contributed by atoms with E-state index in [2.05, 4.69) is 4.98 Å². The molecule has 0 saturated heterocycles. The third-order valence-corrected chi connectivity index (χ3v) is 4.09. The number of Topliss-reactive ketones (excluding diaryl/α,β-unsaturated/α-hetero) is 1. The van der Waals surface area contributed by atoms with Crippen LogP contribution in [0.2, 0.25) is 0 Å². The Kier molecular flexibility index (Phi) is 2.98. The zero-order valence-electron chi connectivity index (χ0n) is 10.7. The molecule has 1 aromatic carbocycles. The average Bonchev–Trinajstić information content (AvgIpc) is 2.85. The smallest absolute Gasteiger partial charge is 0.170 e. The van der Waals surface area contributed by atoms with Crippen molar-refractivity contribution in [1.29, 1.82) is 0 Å². The Labute approximate surface area is 115 Å². The van der Waals surface area contributed by atoms with Gasteiger partial charge in [-0.15, -0.1) is 11.3 Å². The van der Waals surface area contributed by atoms with E-state index in [1.165, 1.54) is 11.3 Å². The van der Waals surface area contributed by atoms with Crippen molar-refractivity contribution in [2.24, 2.45) is 0 Å². The number of carbonyl (C=O) groups excluding carboxylic acids is 1. The lowest BCUT2D eigenvalue weighted by Gasteiger charge is -2.24. The summed E-state index contributed by atoms with van der Waals surface area (Å²) in [5, 5.41) is 2.82. The molecule has 0 aliphatic carbocycles. The third kappa shape index (κ3) is 2.21. The largest absolute Gasteiger partial charge is 0.497 e. The summed E-state index contributed by atoms with van der Waals surface area (Å²) in [6.07, 6.45) is 0.0553. The topological polar surface area (TPSA) is 48.4 Å². The Morgan fingerprint density at radius 1 is 1.47 bits per heavy atom. The van der Waals surface area contributed by atoms with Crippen molar-refractivity contribution in [3.63, 3.8) is 0 Å². The highest BCUT2D eigenvalue weighted by Crippen LogP contribution is 2.37. The number of ether oxygens (including phenoxy) is 2. The second-order valence-corrected chi connectivity index (χ2v) is 5.31. The minimum atomic E-state index is -0.271. The monoisotopic (exact) mass is 275 g/mol. The van der Waals surface area contributed by atoms with Crippen molar-refractivity contribution < 1.29 is 14.3 Å². The summed E-state index contributed by atoms with van der Waals surface area (Å²) in [6, 6.07) is 5.29. The van der Waals surface area contributed by atoms with Crippen LogP contribution in [-0.2, 0) is 0 Å². The molecule has 5 heteroatoms. The molecule has 1 atom stereocenters. The van der Waals surface area contributed by atoms with Crippen LogP contribution in [0.3, 0.4) is 0 Å². The Morgan fingerprint density at radius 2 is 2.32 bits per heavy atom. The fourth-order valence-corrected chi connectivity index (χ4v) is 2.91. The summed E-state index contributed by atoms with van der Waals surface area (Å²) >= 11 is 1.53. The molecule has 1 aliphatic rings. The molecule has 2 heterocycles. The minimum absolute atomic E-state index is 0.0676. The number of carbonyl (C=O) groups is 1. The number of nitrogens with zero attached hydrogens (tertiary/aromatic N) is 1. The Hall–Kier alpha value is -1.88. The van der Waals surface area contributed by atoms with Gasteiger partial charge in [-0.05, 0) is 25.1 Å². The molecule has 98 valence electrons. The van der Waals surface area contributed by atoms with Gasteiger partial charge in [0.1, 0.15) is 16.5 Å². The summed E-state index contributed by atoms with van der Waals surface area (Å²) < 4.78 is 11.0. The average molecular weight is 275 g/mol. The van der Waals surface area contributed by atoms with E-state index < -0.39 is 0 Å². The first-order chi connectivity index (χ1) is 9.17. The van der Waals surface area contributed by atoms with Crippen LogP contribution >= 0.6 is 11.3 Å².